The maximum Gasteiger partial charge on any atom is 0.293 e. The molecule has 37 heavy (non-hydrogen) atoms. The van der Waals surface area contributed by atoms with E-state index in [2.05, 4.69) is 5.32 Å². The molecule has 1 aliphatic heterocycles. The lowest BCUT2D eigenvalue weighted by Crippen LogP contribution is -2.28. The van der Waals surface area contributed by atoms with Crippen molar-refractivity contribution in [3.05, 3.63) is 93.6 Å². The van der Waals surface area contributed by atoms with Crippen LogP contribution in [0.25, 0.3) is 6.08 Å². The minimum absolute atomic E-state index is 0.0733. The van der Waals surface area contributed by atoms with Crippen LogP contribution in [0.4, 0.5) is 14.9 Å². The van der Waals surface area contributed by atoms with E-state index in [4.69, 9.17) is 21.1 Å². The molecule has 3 aromatic carbocycles. The van der Waals surface area contributed by atoms with Crippen LogP contribution in [0.5, 0.6) is 11.5 Å². The van der Waals surface area contributed by atoms with E-state index in [0.29, 0.717) is 29.4 Å². The zero-order valence-electron chi connectivity index (χ0n) is 19.7. The molecule has 0 aromatic heterocycles. The van der Waals surface area contributed by atoms with Gasteiger partial charge in [0.15, 0.2) is 18.1 Å². The first-order chi connectivity index (χ1) is 17.9. The van der Waals surface area contributed by atoms with E-state index in [1.165, 1.54) is 18.2 Å². The molecule has 190 valence electrons. The van der Waals surface area contributed by atoms with Gasteiger partial charge in [-0.25, -0.2) is 4.39 Å². The maximum absolute atomic E-state index is 14.2. The summed E-state index contributed by atoms with van der Waals surface area (Å²) in [6.07, 6.45) is 1.54. The monoisotopic (exact) mass is 540 g/mol. The first-order valence-electron chi connectivity index (χ1n) is 11.3. The van der Waals surface area contributed by atoms with Crippen LogP contribution in [0, 0.1) is 5.82 Å². The number of amides is 3. The molecule has 10 heteroatoms. The Morgan fingerprint density at radius 3 is 2.57 bits per heavy atom. The molecular formula is C27H22ClFN2O5S. The Balaban J connectivity index is 1.47. The number of nitrogens with zero attached hydrogens (tertiary/aromatic N) is 1. The Hall–Kier alpha value is -3.82. The van der Waals surface area contributed by atoms with Crippen molar-refractivity contribution >= 4 is 52.2 Å². The zero-order valence-corrected chi connectivity index (χ0v) is 21.3. The molecule has 0 bridgehead atoms. The van der Waals surface area contributed by atoms with Crippen molar-refractivity contribution < 1.29 is 28.2 Å². The van der Waals surface area contributed by atoms with Gasteiger partial charge in [0, 0.05) is 16.3 Å². The molecule has 0 aliphatic carbocycles. The molecule has 1 saturated heterocycles. The molecular weight excluding hydrogens is 519 g/mol. The highest BCUT2D eigenvalue weighted by molar-refractivity contribution is 8.18. The van der Waals surface area contributed by atoms with Crippen molar-refractivity contribution in [3.63, 3.8) is 0 Å². The molecule has 1 N–H and O–H groups in total. The molecule has 4 rings (SSSR count). The number of carbonyl (C=O) groups excluding carboxylic acids is 3. The van der Waals surface area contributed by atoms with E-state index >= 15 is 0 Å². The number of hydrogen-bond acceptors (Lipinski definition) is 6. The zero-order chi connectivity index (χ0) is 26.4. The van der Waals surface area contributed by atoms with Gasteiger partial charge in [0.2, 0.25) is 0 Å². The summed E-state index contributed by atoms with van der Waals surface area (Å²) in [6.45, 7) is 1.65. The highest BCUT2D eigenvalue weighted by Gasteiger charge is 2.36. The number of anilines is 1. The third-order valence-corrected chi connectivity index (χ3v) is 6.49. The number of hydrogen-bond donors (Lipinski definition) is 1. The van der Waals surface area contributed by atoms with Crippen molar-refractivity contribution in [2.24, 2.45) is 0 Å². The summed E-state index contributed by atoms with van der Waals surface area (Å²) in [5.41, 5.74) is 1.31. The van der Waals surface area contributed by atoms with Crippen molar-refractivity contribution in [2.75, 3.05) is 18.5 Å². The predicted octanol–water partition coefficient (Wildman–Crippen LogP) is 6.13. The smallest absolute Gasteiger partial charge is 0.293 e. The highest BCUT2D eigenvalue weighted by Crippen LogP contribution is 2.36. The highest BCUT2D eigenvalue weighted by atomic mass is 35.5. The van der Waals surface area contributed by atoms with Gasteiger partial charge < -0.3 is 14.8 Å². The fourth-order valence-corrected chi connectivity index (χ4v) is 4.55. The second kappa shape index (κ2) is 11.9. The molecule has 0 saturated carbocycles. The van der Waals surface area contributed by atoms with E-state index < -0.39 is 17.0 Å². The van der Waals surface area contributed by atoms with Crippen molar-refractivity contribution in [3.8, 4) is 11.5 Å². The summed E-state index contributed by atoms with van der Waals surface area (Å²) in [5.74, 6) is -0.748. The average Bonchev–Trinajstić information content (AvgIpc) is 3.13. The Morgan fingerprint density at radius 1 is 1.05 bits per heavy atom. The van der Waals surface area contributed by atoms with Gasteiger partial charge in [-0.2, -0.15) is 0 Å². The molecule has 0 atom stereocenters. The van der Waals surface area contributed by atoms with Crippen molar-refractivity contribution in [2.45, 2.75) is 13.5 Å². The summed E-state index contributed by atoms with van der Waals surface area (Å²) in [4.78, 5) is 38.8. The summed E-state index contributed by atoms with van der Waals surface area (Å²) in [7, 11) is 0. The molecule has 1 heterocycles. The normalized spacial score (nSPS) is 14.2. The van der Waals surface area contributed by atoms with E-state index in [1.807, 2.05) is 18.2 Å². The lowest BCUT2D eigenvalue weighted by atomic mass is 10.1. The Labute approximate surface area is 222 Å². The number of thioether (sulfide) groups is 1. The molecule has 0 radical (unpaired) electrons. The van der Waals surface area contributed by atoms with E-state index in [-0.39, 0.29) is 34.6 Å². The molecule has 7 nitrogen and oxygen atoms in total. The molecule has 1 aliphatic rings. The number of halogens is 2. The van der Waals surface area contributed by atoms with Gasteiger partial charge in [-0.1, -0.05) is 41.9 Å². The first kappa shape index (κ1) is 26.2. The largest absolute Gasteiger partial charge is 0.490 e. The van der Waals surface area contributed by atoms with Gasteiger partial charge in [-0.15, -0.1) is 0 Å². The van der Waals surface area contributed by atoms with Gasteiger partial charge in [0.05, 0.1) is 18.1 Å². The topological polar surface area (TPSA) is 84.9 Å². The molecule has 3 amide bonds. The average molecular weight is 541 g/mol. The number of rotatable bonds is 9. The van der Waals surface area contributed by atoms with Gasteiger partial charge in [0.25, 0.3) is 17.1 Å². The number of nitrogens with one attached hydrogen (secondary N) is 1. The van der Waals surface area contributed by atoms with Gasteiger partial charge in [-0.3, -0.25) is 19.3 Å². The Morgan fingerprint density at radius 2 is 1.84 bits per heavy atom. The molecule has 3 aromatic rings. The second-order valence-electron chi connectivity index (χ2n) is 7.81. The molecule has 0 spiro atoms. The Bertz CT molecular complexity index is 1350. The fraction of sp³-hybridized carbons (Fsp3) is 0.148. The van der Waals surface area contributed by atoms with Crippen LogP contribution in [0.3, 0.4) is 0 Å². The number of ether oxygens (including phenoxy) is 2. The van der Waals surface area contributed by atoms with Gasteiger partial charge in [0.1, 0.15) is 5.82 Å². The van der Waals surface area contributed by atoms with E-state index in [0.717, 1.165) is 16.7 Å². The van der Waals surface area contributed by atoms with Crippen LogP contribution in [-0.4, -0.2) is 35.2 Å². The fourth-order valence-electron chi connectivity index (χ4n) is 3.49. The third kappa shape index (κ3) is 6.49. The number of imide groups is 1. The quantitative estimate of drug-likeness (QED) is 0.329. The van der Waals surface area contributed by atoms with E-state index in [1.54, 1.807) is 43.3 Å². The number of benzene rings is 3. The lowest BCUT2D eigenvalue weighted by molar-refractivity contribution is -0.123. The van der Waals surface area contributed by atoms with E-state index in [9.17, 15) is 18.8 Å². The van der Waals surface area contributed by atoms with Gasteiger partial charge in [-0.05, 0) is 66.7 Å². The minimum atomic E-state index is -0.593. The number of carbonyl (C=O) groups is 3. The summed E-state index contributed by atoms with van der Waals surface area (Å²) in [6, 6.07) is 18.1. The van der Waals surface area contributed by atoms with Crippen LogP contribution < -0.4 is 14.8 Å². The summed E-state index contributed by atoms with van der Waals surface area (Å²) >= 11 is 6.81. The second-order valence-corrected chi connectivity index (χ2v) is 9.21. The standard InChI is InChI=1S/C27H22ClFN2O5S/c1-2-35-23-13-17(11-12-22(23)36-16-25(32)30-18-7-4-3-5-8-18)14-24-26(33)31(27(34)37-24)15-19-20(28)9-6-10-21(19)29/h3-14H,2,15-16H2,1H3,(H,30,32)/b24-14-. The van der Waals surface area contributed by atoms with Crippen LogP contribution in [0.1, 0.15) is 18.1 Å². The minimum Gasteiger partial charge on any atom is -0.490 e. The third-order valence-electron chi connectivity index (χ3n) is 5.23. The SMILES string of the molecule is CCOc1cc(/C=C2\SC(=O)N(Cc3c(F)cccc3Cl)C2=O)ccc1OCC(=O)Nc1ccccc1. The van der Waals surface area contributed by atoms with Crippen LogP contribution in [-0.2, 0) is 16.1 Å². The van der Waals surface area contributed by atoms with Crippen molar-refractivity contribution in [1.82, 2.24) is 4.90 Å². The van der Waals surface area contributed by atoms with Crippen molar-refractivity contribution in [1.29, 1.82) is 0 Å². The maximum atomic E-state index is 14.2. The summed E-state index contributed by atoms with van der Waals surface area (Å²) < 4.78 is 25.5. The van der Waals surface area contributed by atoms with Crippen LogP contribution >= 0.6 is 23.4 Å². The Kier molecular flexibility index (Phi) is 8.47. The van der Waals surface area contributed by atoms with Gasteiger partial charge >= 0.3 is 0 Å². The van der Waals surface area contributed by atoms with Crippen LogP contribution in [0.15, 0.2) is 71.6 Å². The van der Waals surface area contributed by atoms with Crippen LogP contribution in [0.2, 0.25) is 5.02 Å². The first-order valence-corrected chi connectivity index (χ1v) is 12.5. The predicted molar refractivity (Wildman–Crippen MR) is 141 cm³/mol. The summed E-state index contributed by atoms with van der Waals surface area (Å²) in [5, 5.41) is 2.35. The molecule has 1 fully saturated rings. The molecule has 0 unspecified atom stereocenters. The number of para-hydroxylation sites is 1. The lowest BCUT2D eigenvalue weighted by Gasteiger charge is -2.14.